The van der Waals surface area contributed by atoms with Gasteiger partial charge in [-0.2, -0.15) is 0 Å². The SMILES string of the molecule is CCCNCCS(=O)(=O)N1CCC(C)C1. The zero-order valence-electron chi connectivity index (χ0n) is 9.70. The van der Waals surface area contributed by atoms with Crippen molar-refractivity contribution in [1.29, 1.82) is 0 Å². The number of rotatable bonds is 6. The molecule has 1 heterocycles. The number of nitrogens with zero attached hydrogens (tertiary/aromatic N) is 1. The van der Waals surface area contributed by atoms with Gasteiger partial charge in [-0.3, -0.25) is 0 Å². The molecular weight excluding hydrogens is 212 g/mol. The second kappa shape index (κ2) is 5.82. The van der Waals surface area contributed by atoms with Crippen molar-refractivity contribution >= 4 is 10.0 Å². The van der Waals surface area contributed by atoms with Crippen LogP contribution in [-0.4, -0.2) is 44.7 Å². The predicted molar refractivity (Wildman–Crippen MR) is 62.3 cm³/mol. The topological polar surface area (TPSA) is 49.4 Å². The van der Waals surface area contributed by atoms with Crippen molar-refractivity contribution in [3.05, 3.63) is 0 Å². The molecule has 5 heteroatoms. The number of nitrogens with one attached hydrogen (secondary N) is 1. The van der Waals surface area contributed by atoms with E-state index in [2.05, 4.69) is 19.2 Å². The van der Waals surface area contributed by atoms with Gasteiger partial charge in [-0.1, -0.05) is 13.8 Å². The van der Waals surface area contributed by atoms with Crippen LogP contribution in [0, 0.1) is 5.92 Å². The summed E-state index contributed by atoms with van der Waals surface area (Å²) in [6, 6.07) is 0. The summed E-state index contributed by atoms with van der Waals surface area (Å²) in [5.74, 6) is 0.753. The Bertz CT molecular complexity index is 277. The lowest BCUT2D eigenvalue weighted by Gasteiger charge is -2.15. The third kappa shape index (κ3) is 4.09. The standard InChI is InChI=1S/C10H22N2O2S/c1-3-5-11-6-8-15(13,14)12-7-4-10(2)9-12/h10-11H,3-9H2,1-2H3. The summed E-state index contributed by atoms with van der Waals surface area (Å²) in [6.45, 7) is 7.05. The summed E-state index contributed by atoms with van der Waals surface area (Å²) in [6.07, 6.45) is 2.04. The minimum atomic E-state index is -3.00. The van der Waals surface area contributed by atoms with E-state index < -0.39 is 10.0 Å². The Morgan fingerprint density at radius 1 is 1.40 bits per heavy atom. The molecule has 0 aliphatic carbocycles. The van der Waals surface area contributed by atoms with E-state index >= 15 is 0 Å². The zero-order valence-corrected chi connectivity index (χ0v) is 10.5. The largest absolute Gasteiger partial charge is 0.316 e. The molecule has 0 bridgehead atoms. The van der Waals surface area contributed by atoms with Gasteiger partial charge in [0, 0.05) is 19.6 Å². The van der Waals surface area contributed by atoms with E-state index in [-0.39, 0.29) is 5.75 Å². The Morgan fingerprint density at radius 3 is 2.67 bits per heavy atom. The number of hydrogen-bond acceptors (Lipinski definition) is 3. The molecule has 0 aromatic carbocycles. The first-order chi connectivity index (χ1) is 7.06. The molecule has 0 saturated carbocycles. The maximum atomic E-state index is 11.8. The van der Waals surface area contributed by atoms with Crippen molar-refractivity contribution in [2.75, 3.05) is 31.9 Å². The average Bonchev–Trinajstić information content (AvgIpc) is 2.60. The molecule has 0 amide bonds. The fraction of sp³-hybridized carbons (Fsp3) is 1.00. The van der Waals surface area contributed by atoms with E-state index in [4.69, 9.17) is 0 Å². The van der Waals surface area contributed by atoms with Gasteiger partial charge in [0.1, 0.15) is 0 Å². The molecular formula is C10H22N2O2S. The monoisotopic (exact) mass is 234 g/mol. The molecule has 1 fully saturated rings. The quantitative estimate of drug-likeness (QED) is 0.687. The molecule has 1 aliphatic heterocycles. The highest BCUT2D eigenvalue weighted by Gasteiger charge is 2.28. The van der Waals surface area contributed by atoms with Crippen molar-refractivity contribution in [3.8, 4) is 0 Å². The van der Waals surface area contributed by atoms with Crippen molar-refractivity contribution in [2.45, 2.75) is 26.7 Å². The van der Waals surface area contributed by atoms with E-state index in [0.717, 1.165) is 19.4 Å². The van der Waals surface area contributed by atoms with Crippen molar-refractivity contribution in [3.63, 3.8) is 0 Å². The second-order valence-corrected chi connectivity index (χ2v) is 6.41. The maximum absolute atomic E-state index is 11.8. The molecule has 1 rings (SSSR count). The molecule has 90 valence electrons. The van der Waals surface area contributed by atoms with Crippen molar-refractivity contribution < 1.29 is 8.42 Å². The summed E-state index contributed by atoms with van der Waals surface area (Å²) >= 11 is 0. The highest BCUT2D eigenvalue weighted by Crippen LogP contribution is 2.18. The minimum absolute atomic E-state index is 0.236. The van der Waals surface area contributed by atoms with Crippen LogP contribution >= 0.6 is 0 Å². The summed E-state index contributed by atoms with van der Waals surface area (Å²) in [4.78, 5) is 0. The molecule has 0 aromatic heterocycles. The Kier molecular flexibility index (Phi) is 5.02. The maximum Gasteiger partial charge on any atom is 0.215 e. The lowest BCUT2D eigenvalue weighted by Crippen LogP contribution is -2.35. The summed E-state index contributed by atoms with van der Waals surface area (Å²) in [5.41, 5.74) is 0. The van der Waals surface area contributed by atoms with Gasteiger partial charge in [0.05, 0.1) is 5.75 Å². The Labute approximate surface area is 93.1 Å². The molecule has 0 aromatic rings. The molecule has 1 saturated heterocycles. The molecule has 1 unspecified atom stereocenters. The van der Waals surface area contributed by atoms with Gasteiger partial charge < -0.3 is 5.32 Å². The van der Waals surface area contributed by atoms with Crippen LogP contribution in [0.3, 0.4) is 0 Å². The average molecular weight is 234 g/mol. The van der Waals surface area contributed by atoms with Gasteiger partial charge >= 0.3 is 0 Å². The van der Waals surface area contributed by atoms with Crippen LogP contribution in [-0.2, 0) is 10.0 Å². The number of hydrogen-bond donors (Lipinski definition) is 1. The first kappa shape index (κ1) is 12.9. The van der Waals surface area contributed by atoms with Gasteiger partial charge in [0.25, 0.3) is 0 Å². The zero-order chi connectivity index (χ0) is 11.3. The van der Waals surface area contributed by atoms with Crippen LogP contribution in [0.15, 0.2) is 0 Å². The van der Waals surface area contributed by atoms with Crippen molar-refractivity contribution in [1.82, 2.24) is 9.62 Å². The van der Waals surface area contributed by atoms with Gasteiger partial charge in [0.2, 0.25) is 10.0 Å². The van der Waals surface area contributed by atoms with Gasteiger partial charge in [-0.05, 0) is 25.3 Å². The van der Waals surface area contributed by atoms with E-state index in [1.54, 1.807) is 4.31 Å². The third-order valence-electron chi connectivity index (χ3n) is 2.74. The first-order valence-corrected chi connectivity index (χ1v) is 7.35. The van der Waals surface area contributed by atoms with Gasteiger partial charge in [0.15, 0.2) is 0 Å². The van der Waals surface area contributed by atoms with Gasteiger partial charge in [-0.25, -0.2) is 12.7 Å². The summed E-state index contributed by atoms with van der Waals surface area (Å²) in [7, 11) is -3.00. The predicted octanol–water partition coefficient (Wildman–Crippen LogP) is 0.658. The van der Waals surface area contributed by atoms with Gasteiger partial charge in [-0.15, -0.1) is 0 Å². The highest BCUT2D eigenvalue weighted by atomic mass is 32.2. The summed E-state index contributed by atoms with van der Waals surface area (Å²) in [5, 5.41) is 3.12. The Hall–Kier alpha value is -0.130. The Balaban J connectivity index is 2.32. The molecule has 0 radical (unpaired) electrons. The van der Waals surface area contributed by atoms with E-state index in [1.165, 1.54) is 0 Å². The lowest BCUT2D eigenvalue weighted by atomic mass is 10.2. The van der Waals surface area contributed by atoms with Crippen LogP contribution in [0.5, 0.6) is 0 Å². The van der Waals surface area contributed by atoms with E-state index in [0.29, 0.717) is 25.6 Å². The lowest BCUT2D eigenvalue weighted by molar-refractivity contribution is 0.463. The Morgan fingerprint density at radius 2 is 2.13 bits per heavy atom. The normalized spacial score (nSPS) is 23.5. The molecule has 1 N–H and O–H groups in total. The van der Waals surface area contributed by atoms with Crippen LogP contribution in [0.4, 0.5) is 0 Å². The van der Waals surface area contributed by atoms with Crippen LogP contribution in [0.1, 0.15) is 26.7 Å². The first-order valence-electron chi connectivity index (χ1n) is 5.75. The summed E-state index contributed by atoms with van der Waals surface area (Å²) < 4.78 is 25.3. The van der Waals surface area contributed by atoms with Crippen LogP contribution in [0.2, 0.25) is 0 Å². The van der Waals surface area contributed by atoms with Crippen LogP contribution < -0.4 is 5.32 Å². The van der Waals surface area contributed by atoms with E-state index in [1.807, 2.05) is 0 Å². The van der Waals surface area contributed by atoms with E-state index in [9.17, 15) is 8.42 Å². The molecule has 1 aliphatic rings. The van der Waals surface area contributed by atoms with Crippen molar-refractivity contribution in [2.24, 2.45) is 5.92 Å². The fourth-order valence-corrected chi connectivity index (χ4v) is 3.30. The molecule has 1 atom stereocenters. The third-order valence-corrected chi connectivity index (χ3v) is 4.58. The number of sulfonamides is 1. The molecule has 15 heavy (non-hydrogen) atoms. The molecule has 0 spiro atoms. The fourth-order valence-electron chi connectivity index (χ4n) is 1.78. The highest BCUT2D eigenvalue weighted by molar-refractivity contribution is 7.89. The van der Waals surface area contributed by atoms with Crippen LogP contribution in [0.25, 0.3) is 0 Å². The minimum Gasteiger partial charge on any atom is -0.316 e. The molecule has 4 nitrogen and oxygen atoms in total. The second-order valence-electron chi connectivity index (χ2n) is 4.32. The smallest absolute Gasteiger partial charge is 0.215 e.